The fourth-order valence-corrected chi connectivity index (χ4v) is 4.79. The summed E-state index contributed by atoms with van der Waals surface area (Å²) in [6.07, 6.45) is 2.40. The lowest BCUT2D eigenvalue weighted by molar-refractivity contribution is -0.134. The molecule has 3 aromatic rings. The SMILES string of the molecule is CC(=O)N[C@@H](C)C(=O)N[C@H](Cc1ccccc1)C(=O)N[C@@H](CCCN=C(N)N)C(=O)N[C@@H](Cc1c[nH]c2ccccc12)C(N)=O. The Balaban J connectivity index is 1.81. The minimum Gasteiger partial charge on any atom is -0.370 e. The minimum absolute atomic E-state index is 0.109. The number of hydrogen-bond donors (Lipinski definition) is 8. The van der Waals surface area contributed by atoms with E-state index in [2.05, 4.69) is 31.2 Å². The number of carbonyl (C=O) groups excluding carboxylic acids is 5. The molecule has 14 nitrogen and oxygen atoms in total. The summed E-state index contributed by atoms with van der Waals surface area (Å²) in [5, 5.41) is 11.4. The van der Waals surface area contributed by atoms with Gasteiger partial charge in [0.1, 0.15) is 24.2 Å². The average molecular weight is 620 g/mol. The molecule has 0 aliphatic carbocycles. The van der Waals surface area contributed by atoms with Crippen LogP contribution >= 0.6 is 0 Å². The van der Waals surface area contributed by atoms with Crippen LogP contribution in [0.25, 0.3) is 10.9 Å². The zero-order valence-corrected chi connectivity index (χ0v) is 25.3. The molecule has 0 saturated heterocycles. The maximum absolute atomic E-state index is 13.6. The van der Waals surface area contributed by atoms with Crippen molar-refractivity contribution in [2.75, 3.05) is 6.54 Å². The average Bonchev–Trinajstić information content (AvgIpc) is 3.40. The lowest BCUT2D eigenvalue weighted by Crippen LogP contribution is -2.58. The fraction of sp³-hybridized carbons (Fsp3) is 0.355. The van der Waals surface area contributed by atoms with E-state index >= 15 is 0 Å². The second-order valence-electron chi connectivity index (χ2n) is 10.7. The van der Waals surface area contributed by atoms with E-state index in [1.165, 1.54) is 13.8 Å². The number of aromatic nitrogens is 1. The van der Waals surface area contributed by atoms with Gasteiger partial charge in [-0.05, 0) is 37.0 Å². The molecule has 0 unspecified atom stereocenters. The van der Waals surface area contributed by atoms with Crippen molar-refractivity contribution >= 4 is 46.4 Å². The zero-order chi connectivity index (χ0) is 32.9. The number of rotatable bonds is 16. The lowest BCUT2D eigenvalue weighted by atomic mass is 10.0. The van der Waals surface area contributed by atoms with Gasteiger partial charge in [0.25, 0.3) is 0 Å². The van der Waals surface area contributed by atoms with Crippen molar-refractivity contribution < 1.29 is 24.0 Å². The Labute approximate surface area is 261 Å². The first kappa shape index (κ1) is 34.1. The van der Waals surface area contributed by atoms with Gasteiger partial charge in [0.2, 0.25) is 29.5 Å². The van der Waals surface area contributed by atoms with Crippen LogP contribution in [0.1, 0.15) is 37.8 Å². The van der Waals surface area contributed by atoms with Gasteiger partial charge in [-0.3, -0.25) is 29.0 Å². The lowest BCUT2D eigenvalue weighted by Gasteiger charge is -2.25. The number of nitrogens with zero attached hydrogens (tertiary/aromatic N) is 1. The van der Waals surface area contributed by atoms with Crippen molar-refractivity contribution in [3.63, 3.8) is 0 Å². The summed E-state index contributed by atoms with van der Waals surface area (Å²) in [5.74, 6) is -3.14. The van der Waals surface area contributed by atoms with Crippen LogP contribution in [0, 0.1) is 0 Å². The van der Waals surface area contributed by atoms with Crippen molar-refractivity contribution in [3.05, 3.63) is 71.9 Å². The second kappa shape index (κ2) is 16.4. The maximum Gasteiger partial charge on any atom is 0.243 e. The number of benzene rings is 2. The predicted molar refractivity (Wildman–Crippen MR) is 170 cm³/mol. The number of guanidine groups is 1. The molecular formula is C31H41N9O5. The molecule has 45 heavy (non-hydrogen) atoms. The molecule has 11 N–H and O–H groups in total. The number of hydrogen-bond acceptors (Lipinski definition) is 6. The molecule has 0 fully saturated rings. The Kier molecular flexibility index (Phi) is 12.5. The first-order chi connectivity index (χ1) is 21.4. The van der Waals surface area contributed by atoms with Gasteiger partial charge in [-0.1, -0.05) is 48.5 Å². The monoisotopic (exact) mass is 619 g/mol. The summed E-state index contributed by atoms with van der Waals surface area (Å²) in [6.45, 7) is 2.96. The van der Waals surface area contributed by atoms with Gasteiger partial charge in [0, 0.05) is 43.4 Å². The highest BCUT2D eigenvalue weighted by atomic mass is 16.2. The summed E-state index contributed by atoms with van der Waals surface area (Å²) in [7, 11) is 0. The number of carbonyl (C=O) groups is 5. The van der Waals surface area contributed by atoms with E-state index in [-0.39, 0.29) is 31.8 Å². The molecule has 3 rings (SSSR count). The summed E-state index contributed by atoms with van der Waals surface area (Å²) in [5.41, 5.74) is 18.9. The van der Waals surface area contributed by atoms with Gasteiger partial charge in [-0.2, -0.15) is 0 Å². The molecule has 1 heterocycles. The van der Waals surface area contributed by atoms with Crippen molar-refractivity contribution in [1.29, 1.82) is 0 Å². The normalized spacial score (nSPS) is 13.5. The Morgan fingerprint density at radius 1 is 0.778 bits per heavy atom. The van der Waals surface area contributed by atoms with E-state index in [1.807, 2.05) is 30.3 Å². The molecule has 2 aromatic carbocycles. The van der Waals surface area contributed by atoms with Gasteiger partial charge in [0.15, 0.2) is 5.96 Å². The number of nitrogens with one attached hydrogen (secondary N) is 5. The molecule has 0 spiro atoms. The molecule has 0 aliphatic heterocycles. The highest BCUT2D eigenvalue weighted by Crippen LogP contribution is 2.19. The quantitative estimate of drug-likeness (QED) is 0.0592. The minimum atomic E-state index is -1.13. The smallest absolute Gasteiger partial charge is 0.243 e. The van der Waals surface area contributed by atoms with E-state index in [1.54, 1.807) is 30.5 Å². The standard InChI is InChI=1S/C31H41N9O5/c1-18(37-19(2)41)28(43)40-26(15-20-9-4-3-5-10-20)30(45)38-24(13-8-14-35-31(33)34)29(44)39-25(27(32)42)16-21-17-36-23-12-7-6-11-22(21)23/h3-7,9-12,17-18,24-26,36H,8,13-16H2,1-2H3,(H2,32,42)(H,37,41)(H,38,45)(H,39,44)(H,40,43)(H4,33,34,35)/t18-,24-,25-,26+/m0/s1. The number of nitrogens with two attached hydrogens (primary N) is 3. The Morgan fingerprint density at radius 2 is 1.40 bits per heavy atom. The van der Waals surface area contributed by atoms with Crippen molar-refractivity contribution in [2.45, 2.75) is 63.7 Å². The van der Waals surface area contributed by atoms with Crippen LogP contribution in [0.15, 0.2) is 65.8 Å². The van der Waals surface area contributed by atoms with Crippen LogP contribution in [0.2, 0.25) is 0 Å². The summed E-state index contributed by atoms with van der Waals surface area (Å²) >= 11 is 0. The van der Waals surface area contributed by atoms with Crippen LogP contribution in [-0.2, 0) is 36.8 Å². The molecule has 0 saturated carbocycles. The second-order valence-corrected chi connectivity index (χ2v) is 10.7. The molecule has 0 aliphatic rings. The molecular weight excluding hydrogens is 578 g/mol. The van der Waals surface area contributed by atoms with E-state index < -0.39 is 53.7 Å². The number of para-hydroxylation sites is 1. The van der Waals surface area contributed by atoms with Crippen molar-refractivity contribution in [1.82, 2.24) is 26.3 Å². The largest absolute Gasteiger partial charge is 0.370 e. The summed E-state index contributed by atoms with van der Waals surface area (Å²) < 4.78 is 0. The Bertz CT molecular complexity index is 1520. The zero-order valence-electron chi connectivity index (χ0n) is 25.3. The summed E-state index contributed by atoms with van der Waals surface area (Å²) in [4.78, 5) is 71.1. The first-order valence-electron chi connectivity index (χ1n) is 14.6. The van der Waals surface area contributed by atoms with E-state index in [4.69, 9.17) is 17.2 Å². The predicted octanol–water partition coefficient (Wildman–Crippen LogP) is -0.529. The highest BCUT2D eigenvalue weighted by Gasteiger charge is 2.30. The number of H-pyrrole nitrogens is 1. The first-order valence-corrected chi connectivity index (χ1v) is 14.6. The van der Waals surface area contributed by atoms with E-state index in [0.717, 1.165) is 22.0 Å². The van der Waals surface area contributed by atoms with Crippen LogP contribution in [0.3, 0.4) is 0 Å². The van der Waals surface area contributed by atoms with Gasteiger partial charge in [-0.15, -0.1) is 0 Å². The van der Waals surface area contributed by atoms with Gasteiger partial charge in [-0.25, -0.2) is 0 Å². The number of aromatic amines is 1. The third kappa shape index (κ3) is 10.7. The topological polar surface area (TPSA) is 240 Å². The van der Waals surface area contributed by atoms with Crippen LogP contribution < -0.4 is 38.5 Å². The molecule has 4 atom stereocenters. The molecule has 1 aromatic heterocycles. The third-order valence-electron chi connectivity index (χ3n) is 7.07. The van der Waals surface area contributed by atoms with Crippen LogP contribution in [0.5, 0.6) is 0 Å². The summed E-state index contributed by atoms with van der Waals surface area (Å²) in [6, 6.07) is 12.3. The highest BCUT2D eigenvalue weighted by molar-refractivity contribution is 5.95. The van der Waals surface area contributed by atoms with Gasteiger partial charge >= 0.3 is 0 Å². The number of amides is 5. The third-order valence-corrected chi connectivity index (χ3v) is 7.07. The maximum atomic E-state index is 13.6. The van der Waals surface area contributed by atoms with Crippen LogP contribution in [0.4, 0.5) is 0 Å². The molecule has 0 bridgehead atoms. The van der Waals surface area contributed by atoms with Crippen molar-refractivity contribution in [2.24, 2.45) is 22.2 Å². The fourth-order valence-electron chi connectivity index (χ4n) is 4.79. The van der Waals surface area contributed by atoms with E-state index in [0.29, 0.717) is 6.42 Å². The molecule has 0 radical (unpaired) electrons. The number of aliphatic imine (C=N–C) groups is 1. The van der Waals surface area contributed by atoms with Gasteiger partial charge < -0.3 is 43.5 Å². The Morgan fingerprint density at radius 3 is 2.07 bits per heavy atom. The van der Waals surface area contributed by atoms with Gasteiger partial charge in [0.05, 0.1) is 0 Å². The molecule has 5 amide bonds. The van der Waals surface area contributed by atoms with Crippen LogP contribution in [-0.4, -0.2) is 71.2 Å². The number of fused-ring (bicyclic) bond motifs is 1. The number of primary amides is 1. The van der Waals surface area contributed by atoms with Crippen molar-refractivity contribution in [3.8, 4) is 0 Å². The van der Waals surface area contributed by atoms with E-state index in [9.17, 15) is 24.0 Å². The molecule has 240 valence electrons. The Hall–Kier alpha value is -5.40. The molecule has 14 heteroatoms.